The fourth-order valence-corrected chi connectivity index (χ4v) is 3.90. The van der Waals surface area contributed by atoms with Gasteiger partial charge < -0.3 is 10.6 Å². The Hall–Kier alpha value is -1.06. The Morgan fingerprint density at radius 1 is 1.15 bits per heavy atom. The zero-order valence-corrected chi connectivity index (χ0v) is 12.8. The Kier molecular flexibility index (Phi) is 3.99. The van der Waals surface area contributed by atoms with Crippen molar-refractivity contribution >= 4 is 5.69 Å². The first-order valence-corrected chi connectivity index (χ1v) is 7.87. The fraction of sp³-hybridized carbons (Fsp3) is 0.647. The standard InChI is InChI=1S/C17H27N3/c1-19(2)15-8-6-13(7-9-15)10-20-11-14-4-3-5-17(18)16(14)12-20/h6-9,14,16-17H,3-5,10-12,18H2,1-2H3. The molecule has 1 saturated heterocycles. The maximum Gasteiger partial charge on any atom is 0.0361 e. The molecule has 3 unspecified atom stereocenters. The van der Waals surface area contributed by atoms with Gasteiger partial charge in [-0.25, -0.2) is 0 Å². The average Bonchev–Trinajstić information content (AvgIpc) is 2.83. The van der Waals surface area contributed by atoms with E-state index in [0.717, 1.165) is 18.4 Å². The van der Waals surface area contributed by atoms with Gasteiger partial charge in [-0.3, -0.25) is 4.90 Å². The molecule has 3 heteroatoms. The Balaban J connectivity index is 1.61. The van der Waals surface area contributed by atoms with Gasteiger partial charge in [0.25, 0.3) is 0 Å². The minimum atomic E-state index is 0.440. The van der Waals surface area contributed by atoms with E-state index in [1.807, 2.05) is 0 Å². The average molecular weight is 273 g/mol. The largest absolute Gasteiger partial charge is 0.378 e. The minimum absolute atomic E-state index is 0.440. The molecule has 0 radical (unpaired) electrons. The predicted molar refractivity (Wildman–Crippen MR) is 84.9 cm³/mol. The van der Waals surface area contributed by atoms with Gasteiger partial charge in [0.15, 0.2) is 0 Å². The quantitative estimate of drug-likeness (QED) is 0.917. The summed E-state index contributed by atoms with van der Waals surface area (Å²) in [7, 11) is 4.17. The molecule has 2 N–H and O–H groups in total. The number of hydrogen-bond donors (Lipinski definition) is 1. The summed E-state index contributed by atoms with van der Waals surface area (Å²) in [5, 5.41) is 0. The van der Waals surface area contributed by atoms with Gasteiger partial charge in [0.2, 0.25) is 0 Å². The molecular weight excluding hydrogens is 246 g/mol. The van der Waals surface area contributed by atoms with Gasteiger partial charge in [0.1, 0.15) is 0 Å². The number of hydrogen-bond acceptors (Lipinski definition) is 3. The first-order chi connectivity index (χ1) is 9.63. The van der Waals surface area contributed by atoms with Crippen LogP contribution in [0.3, 0.4) is 0 Å². The molecule has 2 aliphatic rings. The highest BCUT2D eigenvalue weighted by molar-refractivity contribution is 5.45. The third kappa shape index (κ3) is 2.84. The summed E-state index contributed by atoms with van der Waals surface area (Å²) >= 11 is 0. The smallest absolute Gasteiger partial charge is 0.0361 e. The summed E-state index contributed by atoms with van der Waals surface area (Å²) in [6.07, 6.45) is 3.94. The maximum absolute atomic E-state index is 6.30. The number of nitrogens with zero attached hydrogens (tertiary/aromatic N) is 2. The number of likely N-dealkylation sites (tertiary alicyclic amines) is 1. The Morgan fingerprint density at radius 3 is 2.55 bits per heavy atom. The number of benzene rings is 1. The van der Waals surface area contributed by atoms with Crippen LogP contribution < -0.4 is 10.6 Å². The fourth-order valence-electron chi connectivity index (χ4n) is 3.90. The highest BCUT2D eigenvalue weighted by atomic mass is 15.2. The van der Waals surface area contributed by atoms with Crippen LogP contribution in [0.5, 0.6) is 0 Å². The summed E-state index contributed by atoms with van der Waals surface area (Å²) in [4.78, 5) is 4.75. The van der Waals surface area contributed by atoms with Crippen molar-refractivity contribution in [1.29, 1.82) is 0 Å². The van der Waals surface area contributed by atoms with Crippen LogP contribution in [0.2, 0.25) is 0 Å². The molecule has 0 spiro atoms. The Labute approximate surface area is 122 Å². The molecule has 3 atom stereocenters. The Bertz CT molecular complexity index is 440. The van der Waals surface area contributed by atoms with Crippen LogP contribution in [0.25, 0.3) is 0 Å². The third-order valence-electron chi connectivity index (χ3n) is 5.09. The molecule has 1 heterocycles. The van der Waals surface area contributed by atoms with E-state index in [9.17, 15) is 0 Å². The summed E-state index contributed by atoms with van der Waals surface area (Å²) in [6, 6.07) is 9.39. The molecule has 1 aromatic rings. The maximum atomic E-state index is 6.30. The SMILES string of the molecule is CN(C)c1ccc(CN2CC3CCCC(N)C3C2)cc1. The molecule has 0 amide bonds. The van der Waals surface area contributed by atoms with Crippen molar-refractivity contribution in [2.45, 2.75) is 31.8 Å². The van der Waals surface area contributed by atoms with Gasteiger partial charge in [-0.2, -0.15) is 0 Å². The summed E-state index contributed by atoms with van der Waals surface area (Å²) < 4.78 is 0. The van der Waals surface area contributed by atoms with Crippen LogP contribution >= 0.6 is 0 Å². The van der Waals surface area contributed by atoms with Crippen molar-refractivity contribution in [3.05, 3.63) is 29.8 Å². The lowest BCUT2D eigenvalue weighted by Gasteiger charge is -2.29. The number of anilines is 1. The van der Waals surface area contributed by atoms with Crippen LogP contribution in [0.15, 0.2) is 24.3 Å². The van der Waals surface area contributed by atoms with Crippen molar-refractivity contribution in [2.75, 3.05) is 32.1 Å². The molecular formula is C17H27N3. The van der Waals surface area contributed by atoms with Gasteiger partial charge in [-0.15, -0.1) is 0 Å². The van der Waals surface area contributed by atoms with Crippen molar-refractivity contribution in [3.63, 3.8) is 0 Å². The highest BCUT2D eigenvalue weighted by Gasteiger charge is 2.38. The second kappa shape index (κ2) is 5.74. The van der Waals surface area contributed by atoms with Gasteiger partial charge >= 0.3 is 0 Å². The van der Waals surface area contributed by atoms with Gasteiger partial charge in [-0.1, -0.05) is 18.6 Å². The first-order valence-electron chi connectivity index (χ1n) is 7.87. The van der Waals surface area contributed by atoms with Crippen LogP contribution in [-0.2, 0) is 6.54 Å². The first kappa shape index (κ1) is 13.9. The molecule has 1 aliphatic heterocycles. The molecule has 1 aliphatic carbocycles. The topological polar surface area (TPSA) is 32.5 Å². The second-order valence-electron chi connectivity index (χ2n) is 6.77. The second-order valence-corrected chi connectivity index (χ2v) is 6.77. The number of rotatable bonds is 3. The van der Waals surface area contributed by atoms with E-state index in [1.54, 1.807) is 0 Å². The van der Waals surface area contributed by atoms with Crippen molar-refractivity contribution in [2.24, 2.45) is 17.6 Å². The predicted octanol–water partition coefficient (Wildman–Crippen LogP) is 2.31. The molecule has 20 heavy (non-hydrogen) atoms. The van der Waals surface area contributed by atoms with Crippen LogP contribution in [0.4, 0.5) is 5.69 Å². The number of nitrogens with two attached hydrogens (primary N) is 1. The zero-order chi connectivity index (χ0) is 14.1. The van der Waals surface area contributed by atoms with E-state index in [-0.39, 0.29) is 0 Å². The van der Waals surface area contributed by atoms with E-state index in [0.29, 0.717) is 6.04 Å². The van der Waals surface area contributed by atoms with E-state index >= 15 is 0 Å². The molecule has 3 nitrogen and oxygen atoms in total. The van der Waals surface area contributed by atoms with Crippen molar-refractivity contribution in [3.8, 4) is 0 Å². The van der Waals surface area contributed by atoms with Crippen LogP contribution in [-0.4, -0.2) is 38.1 Å². The Morgan fingerprint density at radius 2 is 1.90 bits per heavy atom. The lowest BCUT2D eigenvalue weighted by atomic mass is 9.78. The molecule has 0 aromatic heterocycles. The molecule has 110 valence electrons. The minimum Gasteiger partial charge on any atom is -0.378 e. The van der Waals surface area contributed by atoms with Gasteiger partial charge in [-0.05, 0) is 42.4 Å². The molecule has 1 saturated carbocycles. The number of fused-ring (bicyclic) bond motifs is 1. The van der Waals surface area contributed by atoms with E-state index in [2.05, 4.69) is 48.2 Å². The van der Waals surface area contributed by atoms with Crippen LogP contribution in [0, 0.1) is 11.8 Å². The monoisotopic (exact) mass is 273 g/mol. The lowest BCUT2D eigenvalue weighted by Crippen LogP contribution is -2.38. The van der Waals surface area contributed by atoms with Crippen molar-refractivity contribution in [1.82, 2.24) is 4.90 Å². The lowest BCUT2D eigenvalue weighted by molar-refractivity contribution is 0.259. The highest BCUT2D eigenvalue weighted by Crippen LogP contribution is 2.36. The van der Waals surface area contributed by atoms with Gasteiger partial charge in [0.05, 0.1) is 0 Å². The normalized spacial score (nSPS) is 30.2. The zero-order valence-electron chi connectivity index (χ0n) is 12.8. The summed E-state index contributed by atoms with van der Waals surface area (Å²) in [5.74, 6) is 1.59. The van der Waals surface area contributed by atoms with E-state index in [1.165, 1.54) is 43.6 Å². The summed E-state index contributed by atoms with van der Waals surface area (Å²) in [5.41, 5.74) is 8.99. The molecule has 0 bridgehead atoms. The molecule has 1 aromatic carbocycles. The van der Waals surface area contributed by atoms with Gasteiger partial charge in [0, 0.05) is 45.5 Å². The van der Waals surface area contributed by atoms with Crippen LogP contribution in [0.1, 0.15) is 24.8 Å². The van der Waals surface area contributed by atoms with E-state index in [4.69, 9.17) is 5.73 Å². The molecule has 3 rings (SSSR count). The molecule has 2 fully saturated rings. The summed E-state index contributed by atoms with van der Waals surface area (Å²) in [6.45, 7) is 3.52. The third-order valence-corrected chi connectivity index (χ3v) is 5.09. The van der Waals surface area contributed by atoms with Crippen molar-refractivity contribution < 1.29 is 0 Å². The van der Waals surface area contributed by atoms with E-state index < -0.39 is 0 Å².